The average Bonchev–Trinajstić information content (AvgIpc) is 3.13. The fourth-order valence-electron chi connectivity index (χ4n) is 6.02. The van der Waals surface area contributed by atoms with Crippen LogP contribution in [-0.4, -0.2) is 9.38 Å². The minimum absolute atomic E-state index is 0.194. The van der Waals surface area contributed by atoms with Gasteiger partial charge >= 0.3 is 0 Å². The van der Waals surface area contributed by atoms with Gasteiger partial charge in [-0.2, -0.15) is 0 Å². The van der Waals surface area contributed by atoms with Gasteiger partial charge in [0.2, 0.25) is 0 Å². The van der Waals surface area contributed by atoms with Crippen molar-refractivity contribution in [3.8, 4) is 0 Å². The molecule has 0 spiro atoms. The van der Waals surface area contributed by atoms with Crippen LogP contribution < -0.4 is 0 Å². The molecule has 0 N–H and O–H groups in total. The van der Waals surface area contributed by atoms with Crippen molar-refractivity contribution in [3.05, 3.63) is 83.8 Å². The largest absolute Gasteiger partial charge is 0.305 e. The molecule has 0 aliphatic carbocycles. The first-order valence-electron chi connectivity index (χ1n) is 11.9. The molecular weight excluding hydrogens is 419 g/mol. The Morgan fingerprint density at radius 2 is 1.59 bits per heavy atom. The maximum atomic E-state index is 15.4. The summed E-state index contributed by atoms with van der Waals surface area (Å²) < 4.78 is 17.6. The van der Waals surface area contributed by atoms with Gasteiger partial charge in [-0.25, -0.2) is 4.39 Å². The van der Waals surface area contributed by atoms with Gasteiger partial charge in [0.15, 0.2) is 0 Å². The van der Waals surface area contributed by atoms with E-state index in [1.165, 1.54) is 16.3 Å². The molecule has 3 aromatic heterocycles. The molecule has 0 unspecified atom stereocenters. The fourth-order valence-corrected chi connectivity index (χ4v) is 6.02. The topological polar surface area (TPSA) is 17.3 Å². The second kappa shape index (κ2) is 6.44. The Hall–Kier alpha value is -3.72. The van der Waals surface area contributed by atoms with Crippen LogP contribution in [0.4, 0.5) is 4.39 Å². The predicted octanol–water partition coefficient (Wildman–Crippen LogP) is 8.57. The molecule has 3 heteroatoms. The predicted molar refractivity (Wildman–Crippen MR) is 142 cm³/mol. The summed E-state index contributed by atoms with van der Waals surface area (Å²) in [6, 6.07) is 20.8. The highest BCUT2D eigenvalue weighted by Gasteiger charge is 2.22. The molecule has 0 aliphatic heterocycles. The second-order valence-corrected chi connectivity index (χ2v) is 10.9. The van der Waals surface area contributed by atoms with Crippen molar-refractivity contribution in [2.75, 3.05) is 0 Å². The Morgan fingerprint density at radius 1 is 0.794 bits per heavy atom. The molecule has 0 bridgehead atoms. The van der Waals surface area contributed by atoms with E-state index in [1.807, 2.05) is 12.3 Å². The molecule has 34 heavy (non-hydrogen) atoms. The Labute approximate surface area is 197 Å². The van der Waals surface area contributed by atoms with Crippen molar-refractivity contribution in [2.24, 2.45) is 5.41 Å². The van der Waals surface area contributed by atoms with Crippen LogP contribution in [0.15, 0.2) is 66.9 Å². The molecule has 7 aromatic rings. The second-order valence-electron chi connectivity index (χ2n) is 10.9. The maximum Gasteiger partial charge on any atom is 0.147 e. The lowest BCUT2D eigenvalue weighted by molar-refractivity contribution is 0.411. The van der Waals surface area contributed by atoms with E-state index in [-0.39, 0.29) is 11.2 Å². The molecule has 0 amide bonds. The van der Waals surface area contributed by atoms with Crippen molar-refractivity contribution in [3.63, 3.8) is 0 Å². The van der Waals surface area contributed by atoms with Crippen molar-refractivity contribution >= 4 is 59.8 Å². The molecule has 0 saturated carbocycles. The lowest BCUT2D eigenvalue weighted by Crippen LogP contribution is -2.09. The van der Waals surface area contributed by atoms with E-state index in [9.17, 15) is 0 Å². The number of aromatic nitrogens is 2. The number of nitrogens with zero attached hydrogens (tertiary/aromatic N) is 2. The SMILES string of the molecule is Cc1c2ccc(CC(C)(C)C)cc2cc2c3nccc4ccc5c6cccc(F)c6n(c12)c5c43. The number of pyridine rings is 2. The first-order valence-corrected chi connectivity index (χ1v) is 11.9. The number of para-hydroxylation sites is 1. The Bertz CT molecular complexity index is 1940. The van der Waals surface area contributed by atoms with Crippen molar-refractivity contribution < 1.29 is 4.39 Å². The molecule has 0 radical (unpaired) electrons. The highest BCUT2D eigenvalue weighted by Crippen LogP contribution is 2.43. The lowest BCUT2D eigenvalue weighted by atomic mass is 9.87. The molecule has 0 saturated heterocycles. The standard InChI is InChI=1S/C31H25FN2/c1-17-21-10-8-18(16-31(2,3)4)14-20(21)15-24-27-26-19(12-13-33-27)9-11-23-22-6-5-7-25(32)29(22)34(28(17)24)30(23)26/h5-15H,16H2,1-4H3. The number of hydrogen-bond donors (Lipinski definition) is 0. The van der Waals surface area contributed by atoms with E-state index in [0.717, 1.165) is 55.5 Å². The molecule has 166 valence electrons. The Morgan fingerprint density at radius 3 is 2.41 bits per heavy atom. The zero-order valence-corrected chi connectivity index (χ0v) is 19.8. The van der Waals surface area contributed by atoms with Crippen molar-refractivity contribution in [1.82, 2.24) is 9.38 Å². The number of benzene rings is 4. The van der Waals surface area contributed by atoms with Gasteiger partial charge in [-0.15, -0.1) is 0 Å². The van der Waals surface area contributed by atoms with Crippen LogP contribution in [0.5, 0.6) is 0 Å². The summed E-state index contributed by atoms with van der Waals surface area (Å²) in [4.78, 5) is 4.88. The Balaban J connectivity index is 1.76. The van der Waals surface area contributed by atoms with Gasteiger partial charge in [0, 0.05) is 27.7 Å². The first-order chi connectivity index (χ1) is 16.3. The highest BCUT2D eigenvalue weighted by molar-refractivity contribution is 6.28. The summed E-state index contributed by atoms with van der Waals surface area (Å²) in [5, 5.41) is 7.74. The normalized spacial score (nSPS) is 13.0. The number of hydrogen-bond acceptors (Lipinski definition) is 1. The number of fused-ring (bicyclic) bond motifs is 7. The minimum Gasteiger partial charge on any atom is -0.305 e. The fraction of sp³-hybridized carbons (Fsp3) is 0.194. The average molecular weight is 445 g/mol. The van der Waals surface area contributed by atoms with Crippen LogP contribution in [0.1, 0.15) is 31.9 Å². The zero-order chi connectivity index (χ0) is 23.4. The highest BCUT2D eigenvalue weighted by atomic mass is 19.1. The summed E-state index contributed by atoms with van der Waals surface area (Å²) >= 11 is 0. The van der Waals surface area contributed by atoms with Gasteiger partial charge in [0.25, 0.3) is 0 Å². The molecular formula is C31H25FN2. The molecule has 4 aromatic carbocycles. The smallest absolute Gasteiger partial charge is 0.147 e. The summed E-state index contributed by atoms with van der Waals surface area (Å²) in [6.07, 6.45) is 2.91. The molecule has 7 rings (SSSR count). The molecule has 0 atom stereocenters. The van der Waals surface area contributed by atoms with Crippen LogP contribution in [0, 0.1) is 18.2 Å². The zero-order valence-electron chi connectivity index (χ0n) is 19.8. The third-order valence-electron chi connectivity index (χ3n) is 7.27. The van der Waals surface area contributed by atoms with Crippen LogP contribution in [0.2, 0.25) is 0 Å². The van der Waals surface area contributed by atoms with Crippen LogP contribution in [0.3, 0.4) is 0 Å². The van der Waals surface area contributed by atoms with Crippen LogP contribution in [0.25, 0.3) is 59.8 Å². The van der Waals surface area contributed by atoms with Crippen molar-refractivity contribution in [1.29, 1.82) is 0 Å². The summed E-state index contributed by atoms with van der Waals surface area (Å²) in [6.45, 7) is 8.98. The van der Waals surface area contributed by atoms with Gasteiger partial charge in [-0.05, 0) is 64.2 Å². The summed E-state index contributed by atoms with van der Waals surface area (Å²) in [5.41, 5.74) is 6.44. The van der Waals surface area contributed by atoms with Gasteiger partial charge in [0.1, 0.15) is 5.82 Å². The van der Waals surface area contributed by atoms with Crippen LogP contribution >= 0.6 is 0 Å². The van der Waals surface area contributed by atoms with Gasteiger partial charge < -0.3 is 4.40 Å². The van der Waals surface area contributed by atoms with E-state index < -0.39 is 0 Å². The Kier molecular flexibility index (Phi) is 3.74. The van der Waals surface area contributed by atoms with E-state index in [2.05, 4.69) is 74.6 Å². The maximum absolute atomic E-state index is 15.4. The van der Waals surface area contributed by atoms with E-state index in [4.69, 9.17) is 4.98 Å². The number of aryl methyl sites for hydroxylation is 1. The van der Waals surface area contributed by atoms with Crippen LogP contribution in [-0.2, 0) is 6.42 Å². The van der Waals surface area contributed by atoms with Gasteiger partial charge in [0.05, 0.1) is 22.1 Å². The molecule has 2 nitrogen and oxygen atoms in total. The molecule has 3 heterocycles. The minimum atomic E-state index is -0.194. The third-order valence-corrected chi connectivity index (χ3v) is 7.27. The van der Waals surface area contributed by atoms with Crippen molar-refractivity contribution in [2.45, 2.75) is 34.1 Å². The van der Waals surface area contributed by atoms with Gasteiger partial charge in [-0.3, -0.25) is 4.98 Å². The lowest BCUT2D eigenvalue weighted by Gasteiger charge is -2.19. The molecule has 0 aliphatic rings. The van der Waals surface area contributed by atoms with E-state index in [0.29, 0.717) is 5.52 Å². The monoisotopic (exact) mass is 444 g/mol. The first kappa shape index (κ1) is 19.7. The van der Waals surface area contributed by atoms with E-state index >= 15 is 4.39 Å². The third kappa shape index (κ3) is 2.53. The van der Waals surface area contributed by atoms with Gasteiger partial charge in [-0.1, -0.05) is 63.2 Å². The number of halogens is 1. The summed E-state index contributed by atoms with van der Waals surface area (Å²) in [7, 11) is 0. The van der Waals surface area contributed by atoms with E-state index in [1.54, 1.807) is 12.1 Å². The quantitative estimate of drug-likeness (QED) is 0.183. The number of rotatable bonds is 1. The molecule has 0 fully saturated rings. The summed E-state index contributed by atoms with van der Waals surface area (Å²) in [5.74, 6) is -0.194.